The molecule has 8 rings (SSSR count). The van der Waals surface area contributed by atoms with Crippen molar-refractivity contribution in [1.82, 2.24) is 9.80 Å². The maximum Gasteiger partial charge on any atom is 0.421 e. The summed E-state index contributed by atoms with van der Waals surface area (Å²) in [5, 5.41) is 9.69. The summed E-state index contributed by atoms with van der Waals surface area (Å²) in [5.74, 6) is 2.75. The zero-order valence-corrected chi connectivity index (χ0v) is 35.0. The molecule has 3 amide bonds. The first-order chi connectivity index (χ1) is 30.7. The van der Waals surface area contributed by atoms with Gasteiger partial charge in [0.1, 0.15) is 36.5 Å². The molecule has 3 heterocycles. The minimum Gasteiger partial charge on any atom is -0.491 e. The number of aliphatic hydroxyl groups is 1. The molecule has 2 fully saturated rings. The number of ether oxygens (including phenoxy) is 4. The van der Waals surface area contributed by atoms with Gasteiger partial charge in [0.15, 0.2) is 0 Å². The number of nitrogens with zero attached hydrogens (tertiary/aromatic N) is 3. The SMILES string of the molecule is COCCOC(=O)N1C(=O)C2(c3cc(C#CCN(C)Cc4ccccc4)ccc31)C(C(N)=O)C1C(=O)OC(c3ccccc3)C(c3ccccc3)N1C2c1cccc(OCCO)c1. The van der Waals surface area contributed by atoms with Crippen LogP contribution >= 0.6 is 0 Å². The van der Waals surface area contributed by atoms with E-state index in [1.807, 2.05) is 103 Å². The van der Waals surface area contributed by atoms with Crippen LogP contribution in [0.1, 0.15) is 51.6 Å². The van der Waals surface area contributed by atoms with E-state index < -0.39 is 59.4 Å². The van der Waals surface area contributed by atoms with Crippen molar-refractivity contribution in [3.63, 3.8) is 0 Å². The fourth-order valence-electron chi connectivity index (χ4n) is 9.44. The van der Waals surface area contributed by atoms with Gasteiger partial charge >= 0.3 is 12.1 Å². The van der Waals surface area contributed by atoms with Crippen LogP contribution in [0.2, 0.25) is 0 Å². The molecule has 6 unspecified atom stereocenters. The van der Waals surface area contributed by atoms with Crippen LogP contribution in [0.25, 0.3) is 0 Å². The second-order valence-corrected chi connectivity index (χ2v) is 15.8. The number of esters is 1. The number of nitrogens with two attached hydrogens (primary N) is 1. The highest BCUT2D eigenvalue weighted by atomic mass is 16.6. The quantitative estimate of drug-likeness (QED) is 0.0878. The number of carbonyl (C=O) groups is 4. The molecule has 5 aromatic carbocycles. The average molecular weight is 849 g/mol. The highest BCUT2D eigenvalue weighted by Crippen LogP contribution is 2.66. The van der Waals surface area contributed by atoms with Crippen LogP contribution in [0, 0.1) is 17.8 Å². The number of methoxy groups -OCH3 is 1. The number of fused-ring (bicyclic) bond motifs is 3. The fraction of sp³-hybridized carbons (Fsp3) is 0.280. The number of amides is 3. The van der Waals surface area contributed by atoms with Gasteiger partial charge in [-0.15, -0.1) is 0 Å². The number of carbonyl (C=O) groups excluding carboxylic acids is 4. The van der Waals surface area contributed by atoms with Gasteiger partial charge in [0, 0.05) is 19.2 Å². The zero-order valence-electron chi connectivity index (χ0n) is 35.0. The van der Waals surface area contributed by atoms with Gasteiger partial charge < -0.3 is 29.8 Å². The lowest BCUT2D eigenvalue weighted by Gasteiger charge is -2.46. The molecule has 3 aliphatic heterocycles. The summed E-state index contributed by atoms with van der Waals surface area (Å²) in [4.78, 5) is 64.4. The molecule has 3 N–H and O–H groups in total. The zero-order chi connectivity index (χ0) is 44.1. The summed E-state index contributed by atoms with van der Waals surface area (Å²) in [6, 6.07) is 37.4. The maximum absolute atomic E-state index is 15.9. The summed E-state index contributed by atoms with van der Waals surface area (Å²) < 4.78 is 23.1. The van der Waals surface area contributed by atoms with E-state index in [0.29, 0.717) is 35.5 Å². The summed E-state index contributed by atoms with van der Waals surface area (Å²) in [6.07, 6.45) is -1.90. The van der Waals surface area contributed by atoms with Crippen LogP contribution in [-0.2, 0) is 40.6 Å². The number of rotatable bonds is 13. The second kappa shape index (κ2) is 18.7. The van der Waals surface area contributed by atoms with Crippen molar-refractivity contribution in [3.05, 3.63) is 167 Å². The van der Waals surface area contributed by atoms with Gasteiger partial charge in [-0.1, -0.05) is 115 Å². The van der Waals surface area contributed by atoms with Crippen LogP contribution in [-0.4, -0.2) is 92.0 Å². The Labute approximate surface area is 365 Å². The van der Waals surface area contributed by atoms with Gasteiger partial charge in [0.05, 0.1) is 43.4 Å². The molecular formula is C50H48N4O9. The topological polar surface area (TPSA) is 161 Å². The predicted molar refractivity (Wildman–Crippen MR) is 233 cm³/mol. The van der Waals surface area contributed by atoms with E-state index in [0.717, 1.165) is 16.0 Å². The molecule has 0 saturated carbocycles. The van der Waals surface area contributed by atoms with Gasteiger partial charge in [-0.05, 0) is 65.2 Å². The van der Waals surface area contributed by atoms with E-state index in [9.17, 15) is 19.5 Å². The van der Waals surface area contributed by atoms with Crippen LogP contribution in [0.4, 0.5) is 10.5 Å². The number of aliphatic hydroxyl groups excluding tert-OH is 1. The Morgan fingerprint density at radius 1 is 0.825 bits per heavy atom. The third kappa shape index (κ3) is 8.06. The summed E-state index contributed by atoms with van der Waals surface area (Å²) in [7, 11) is 3.42. The summed E-state index contributed by atoms with van der Waals surface area (Å²) in [6.45, 7) is 0.699. The molecule has 0 aromatic heterocycles. The van der Waals surface area contributed by atoms with E-state index in [1.165, 1.54) is 7.11 Å². The second-order valence-electron chi connectivity index (χ2n) is 15.8. The average Bonchev–Trinajstić information content (AvgIpc) is 3.76. The van der Waals surface area contributed by atoms with Crippen molar-refractivity contribution in [2.75, 3.05) is 52.0 Å². The number of primary amides is 1. The van der Waals surface area contributed by atoms with Gasteiger partial charge in [-0.25, -0.2) is 9.69 Å². The largest absolute Gasteiger partial charge is 0.491 e. The lowest BCUT2D eigenvalue weighted by Crippen LogP contribution is -2.55. The molecule has 13 nitrogen and oxygen atoms in total. The Kier molecular flexibility index (Phi) is 12.7. The number of morpholine rings is 1. The number of hydrogen-bond acceptors (Lipinski definition) is 11. The molecule has 0 aliphatic carbocycles. The molecule has 1 spiro atoms. The molecule has 0 bridgehead atoms. The monoisotopic (exact) mass is 848 g/mol. The molecule has 13 heteroatoms. The number of anilines is 1. The number of benzene rings is 5. The van der Waals surface area contributed by atoms with Crippen LogP contribution in [0.15, 0.2) is 133 Å². The highest BCUT2D eigenvalue weighted by Gasteiger charge is 2.75. The van der Waals surface area contributed by atoms with Crippen molar-refractivity contribution in [3.8, 4) is 17.6 Å². The molecule has 322 valence electrons. The Balaban J connectivity index is 1.37. The fourth-order valence-corrected chi connectivity index (χ4v) is 9.44. The Hall–Kier alpha value is -6.82. The third-order valence-electron chi connectivity index (χ3n) is 11.9. The molecule has 2 saturated heterocycles. The minimum absolute atomic E-state index is 0.0179. The Bertz CT molecular complexity index is 2530. The van der Waals surface area contributed by atoms with Crippen molar-refractivity contribution < 1.29 is 43.2 Å². The number of cyclic esters (lactones) is 1. The van der Waals surface area contributed by atoms with Crippen molar-refractivity contribution >= 4 is 29.6 Å². The van der Waals surface area contributed by atoms with Crippen LogP contribution in [0.5, 0.6) is 5.75 Å². The van der Waals surface area contributed by atoms with Crippen molar-refractivity contribution in [2.24, 2.45) is 11.7 Å². The normalized spacial score (nSPS) is 22.5. The lowest BCUT2D eigenvalue weighted by atomic mass is 9.65. The van der Waals surface area contributed by atoms with E-state index >= 15 is 4.79 Å². The third-order valence-corrected chi connectivity index (χ3v) is 11.9. The highest BCUT2D eigenvalue weighted by molar-refractivity contribution is 6.23. The van der Waals surface area contributed by atoms with E-state index in [2.05, 4.69) is 16.7 Å². The van der Waals surface area contributed by atoms with E-state index in [4.69, 9.17) is 24.7 Å². The van der Waals surface area contributed by atoms with Crippen molar-refractivity contribution in [1.29, 1.82) is 0 Å². The minimum atomic E-state index is -2.04. The Morgan fingerprint density at radius 2 is 1.51 bits per heavy atom. The molecule has 0 radical (unpaired) electrons. The standard InChI is InChI=1S/C50H48N4O9/c1-52(32-34-14-6-3-7-15-34)25-13-16-33-23-24-40-39(30-33)50(48(58)53(40)49(59)62-29-28-60-2)41(46(51)56)43-47(57)63-44(36-19-10-5-11-20-36)42(35-17-8-4-9-18-35)54(43)45(50)37-21-12-22-38(31-37)61-27-26-55/h3-12,14-15,17-24,30-31,41-45,55H,25-29,32H2,1-2H3,(H2,51,56). The molecule has 6 atom stereocenters. The van der Waals surface area contributed by atoms with Crippen molar-refractivity contribution in [2.45, 2.75) is 36.2 Å². The first-order valence-corrected chi connectivity index (χ1v) is 20.8. The smallest absolute Gasteiger partial charge is 0.421 e. The molecule has 3 aliphatic rings. The van der Waals surface area contributed by atoms with Crippen LogP contribution in [0.3, 0.4) is 0 Å². The lowest BCUT2D eigenvalue weighted by molar-refractivity contribution is -0.178. The molecular weight excluding hydrogens is 801 g/mol. The van der Waals surface area contributed by atoms with Gasteiger partial charge in [-0.3, -0.25) is 24.2 Å². The number of imide groups is 1. The first kappa shape index (κ1) is 42.9. The first-order valence-electron chi connectivity index (χ1n) is 20.8. The Morgan fingerprint density at radius 3 is 2.19 bits per heavy atom. The van der Waals surface area contributed by atoms with Crippen LogP contribution < -0.4 is 15.4 Å². The van der Waals surface area contributed by atoms with E-state index in [1.54, 1.807) is 42.5 Å². The van der Waals surface area contributed by atoms with Gasteiger partial charge in [0.25, 0.3) is 0 Å². The summed E-state index contributed by atoms with van der Waals surface area (Å²) >= 11 is 0. The van der Waals surface area contributed by atoms with Gasteiger partial charge in [0.2, 0.25) is 11.8 Å². The molecule has 63 heavy (non-hydrogen) atoms. The van der Waals surface area contributed by atoms with Gasteiger partial charge in [-0.2, -0.15) is 0 Å². The maximum atomic E-state index is 15.9. The number of hydrogen-bond donors (Lipinski definition) is 2. The summed E-state index contributed by atoms with van der Waals surface area (Å²) in [5.41, 5.74) is 8.39. The molecule has 5 aromatic rings. The van der Waals surface area contributed by atoms with E-state index in [-0.39, 0.29) is 37.7 Å². The predicted octanol–water partition coefficient (Wildman–Crippen LogP) is 5.48.